The molecule has 0 radical (unpaired) electrons. The Morgan fingerprint density at radius 2 is 1.96 bits per heavy atom. The van der Waals surface area contributed by atoms with E-state index in [1.807, 2.05) is 7.05 Å². The number of hydrogen-bond acceptors (Lipinski definition) is 3. The summed E-state index contributed by atoms with van der Waals surface area (Å²) in [5.74, 6) is 0. The predicted octanol–water partition coefficient (Wildman–Crippen LogP) is 1.90. The molecule has 1 atom stereocenters. The van der Waals surface area contributed by atoms with Crippen LogP contribution < -0.4 is 5.32 Å². The monoisotopic (exact) mass is 319 g/mol. The number of morpholine rings is 1. The van der Waals surface area contributed by atoms with Gasteiger partial charge in [-0.1, -0.05) is 29.8 Å². The van der Waals surface area contributed by atoms with Crippen LogP contribution in [0.25, 0.3) is 0 Å². The quantitative estimate of drug-likeness (QED) is 0.871. The normalized spacial score (nSPS) is 16.8. The number of rotatable bonds is 6. The molecule has 0 aliphatic carbocycles. The predicted molar refractivity (Wildman–Crippen MR) is 92.8 cm³/mol. The van der Waals surface area contributed by atoms with Gasteiger partial charge in [0, 0.05) is 39.3 Å². The van der Waals surface area contributed by atoms with Crippen LogP contribution in [0, 0.1) is 6.92 Å². The first-order chi connectivity index (χ1) is 11.1. The van der Waals surface area contributed by atoms with E-state index < -0.39 is 0 Å². The van der Waals surface area contributed by atoms with Crippen LogP contribution in [-0.4, -0.2) is 68.3 Å². The molecule has 2 amide bonds. The Morgan fingerprint density at radius 1 is 1.30 bits per heavy atom. The van der Waals surface area contributed by atoms with Gasteiger partial charge in [-0.2, -0.15) is 0 Å². The number of carbonyl (C=O) groups excluding carboxylic acids is 1. The van der Waals surface area contributed by atoms with Crippen molar-refractivity contribution in [2.75, 3.05) is 46.4 Å². The van der Waals surface area contributed by atoms with Crippen LogP contribution in [0.5, 0.6) is 0 Å². The second-order valence-electron chi connectivity index (χ2n) is 6.34. The first kappa shape index (κ1) is 17.8. The summed E-state index contributed by atoms with van der Waals surface area (Å²) in [6.45, 7) is 9.23. The van der Waals surface area contributed by atoms with E-state index in [-0.39, 0.29) is 12.1 Å². The molecule has 1 heterocycles. The van der Waals surface area contributed by atoms with Gasteiger partial charge in [0.05, 0.1) is 13.2 Å². The molecule has 23 heavy (non-hydrogen) atoms. The van der Waals surface area contributed by atoms with Crippen molar-refractivity contribution in [1.82, 2.24) is 15.1 Å². The average molecular weight is 319 g/mol. The summed E-state index contributed by atoms with van der Waals surface area (Å²) in [6, 6.07) is 8.67. The topological polar surface area (TPSA) is 44.8 Å². The number of urea groups is 1. The van der Waals surface area contributed by atoms with Crippen molar-refractivity contribution in [2.45, 2.75) is 26.3 Å². The minimum absolute atomic E-state index is 0.00197. The second-order valence-corrected chi connectivity index (χ2v) is 6.34. The molecule has 1 aliphatic rings. The number of aryl methyl sites for hydroxylation is 1. The Bertz CT molecular complexity index is 484. The number of ether oxygens (including phenoxy) is 1. The third-order valence-corrected chi connectivity index (χ3v) is 4.44. The van der Waals surface area contributed by atoms with E-state index in [1.165, 1.54) is 11.1 Å². The SMILES string of the molecule is Cc1ccc(C[C@H](C)N(C)C(=O)NCCN2CCOCC2)cc1. The molecule has 0 saturated carbocycles. The Balaban J connectivity index is 1.71. The van der Waals surface area contributed by atoms with E-state index in [0.717, 1.165) is 39.3 Å². The maximum absolute atomic E-state index is 12.2. The summed E-state index contributed by atoms with van der Waals surface area (Å²) in [7, 11) is 1.86. The largest absolute Gasteiger partial charge is 0.379 e. The zero-order chi connectivity index (χ0) is 16.7. The van der Waals surface area contributed by atoms with Crippen LogP contribution in [-0.2, 0) is 11.2 Å². The van der Waals surface area contributed by atoms with Gasteiger partial charge in [0.2, 0.25) is 0 Å². The Hall–Kier alpha value is -1.59. The third kappa shape index (κ3) is 5.84. The molecule has 1 N–H and O–H groups in total. The number of carbonyl (C=O) groups is 1. The van der Waals surface area contributed by atoms with Gasteiger partial charge >= 0.3 is 6.03 Å². The van der Waals surface area contributed by atoms with E-state index in [4.69, 9.17) is 4.74 Å². The third-order valence-electron chi connectivity index (χ3n) is 4.44. The van der Waals surface area contributed by atoms with Crippen molar-refractivity contribution in [3.63, 3.8) is 0 Å². The fraction of sp³-hybridized carbons (Fsp3) is 0.611. The van der Waals surface area contributed by atoms with Crippen molar-refractivity contribution in [3.8, 4) is 0 Å². The molecule has 1 aliphatic heterocycles. The zero-order valence-electron chi connectivity index (χ0n) is 14.5. The number of hydrogen-bond donors (Lipinski definition) is 1. The van der Waals surface area contributed by atoms with Crippen molar-refractivity contribution in [2.24, 2.45) is 0 Å². The highest BCUT2D eigenvalue weighted by atomic mass is 16.5. The van der Waals surface area contributed by atoms with Gasteiger partial charge in [-0.05, 0) is 25.8 Å². The molecule has 5 nitrogen and oxygen atoms in total. The molecular formula is C18H29N3O2. The smallest absolute Gasteiger partial charge is 0.317 e. The molecule has 0 bridgehead atoms. The van der Waals surface area contributed by atoms with Crippen LogP contribution in [0.2, 0.25) is 0 Å². The minimum atomic E-state index is -0.00197. The van der Waals surface area contributed by atoms with Crippen molar-refractivity contribution in [1.29, 1.82) is 0 Å². The van der Waals surface area contributed by atoms with Gasteiger partial charge in [0.15, 0.2) is 0 Å². The lowest BCUT2D eigenvalue weighted by atomic mass is 10.1. The van der Waals surface area contributed by atoms with E-state index in [0.29, 0.717) is 6.54 Å². The van der Waals surface area contributed by atoms with Crippen LogP contribution in [0.1, 0.15) is 18.1 Å². The first-order valence-corrected chi connectivity index (χ1v) is 8.42. The van der Waals surface area contributed by atoms with E-state index in [1.54, 1.807) is 4.90 Å². The maximum Gasteiger partial charge on any atom is 0.317 e. The molecule has 1 fully saturated rings. The van der Waals surface area contributed by atoms with E-state index in [2.05, 4.69) is 48.3 Å². The Labute approximate surface area is 139 Å². The number of nitrogens with one attached hydrogen (secondary N) is 1. The van der Waals surface area contributed by atoms with Crippen LogP contribution in [0.3, 0.4) is 0 Å². The maximum atomic E-state index is 12.2. The number of nitrogens with zero attached hydrogens (tertiary/aromatic N) is 2. The summed E-state index contributed by atoms with van der Waals surface area (Å²) in [5.41, 5.74) is 2.52. The van der Waals surface area contributed by atoms with E-state index in [9.17, 15) is 4.79 Å². The lowest BCUT2D eigenvalue weighted by molar-refractivity contribution is 0.0386. The lowest BCUT2D eigenvalue weighted by Gasteiger charge is -2.28. The molecule has 1 aromatic rings. The second kappa shape index (κ2) is 8.89. The number of likely N-dealkylation sites (N-methyl/N-ethyl adjacent to an activating group) is 1. The highest BCUT2D eigenvalue weighted by Gasteiger charge is 2.16. The summed E-state index contributed by atoms with van der Waals surface area (Å²) >= 11 is 0. The Kier molecular flexibility index (Phi) is 6.86. The first-order valence-electron chi connectivity index (χ1n) is 8.42. The lowest BCUT2D eigenvalue weighted by Crippen LogP contribution is -2.46. The average Bonchev–Trinajstić information content (AvgIpc) is 2.57. The van der Waals surface area contributed by atoms with Gasteiger partial charge < -0.3 is 15.0 Å². The highest BCUT2D eigenvalue weighted by molar-refractivity contribution is 5.74. The summed E-state index contributed by atoms with van der Waals surface area (Å²) in [6.07, 6.45) is 0.869. The number of amides is 2. The summed E-state index contributed by atoms with van der Waals surface area (Å²) in [5, 5.41) is 3.01. The molecule has 0 unspecified atom stereocenters. The van der Waals surface area contributed by atoms with Gasteiger partial charge in [-0.25, -0.2) is 4.79 Å². The fourth-order valence-corrected chi connectivity index (χ4v) is 2.67. The Morgan fingerprint density at radius 3 is 2.61 bits per heavy atom. The molecule has 1 aromatic carbocycles. The summed E-state index contributed by atoms with van der Waals surface area (Å²) in [4.78, 5) is 16.4. The van der Waals surface area contributed by atoms with Crippen LogP contribution >= 0.6 is 0 Å². The summed E-state index contributed by atoms with van der Waals surface area (Å²) < 4.78 is 5.32. The molecule has 5 heteroatoms. The molecular weight excluding hydrogens is 290 g/mol. The molecule has 128 valence electrons. The minimum Gasteiger partial charge on any atom is -0.379 e. The van der Waals surface area contributed by atoms with Gasteiger partial charge in [-0.15, -0.1) is 0 Å². The van der Waals surface area contributed by atoms with Gasteiger partial charge in [0.25, 0.3) is 0 Å². The highest BCUT2D eigenvalue weighted by Crippen LogP contribution is 2.09. The molecule has 0 spiro atoms. The van der Waals surface area contributed by atoms with Crippen LogP contribution in [0.15, 0.2) is 24.3 Å². The zero-order valence-corrected chi connectivity index (χ0v) is 14.5. The van der Waals surface area contributed by atoms with E-state index >= 15 is 0 Å². The van der Waals surface area contributed by atoms with Gasteiger partial charge in [0.1, 0.15) is 0 Å². The number of benzene rings is 1. The molecule has 2 rings (SSSR count). The van der Waals surface area contributed by atoms with Crippen molar-refractivity contribution in [3.05, 3.63) is 35.4 Å². The molecule has 1 saturated heterocycles. The van der Waals surface area contributed by atoms with Gasteiger partial charge in [-0.3, -0.25) is 4.90 Å². The van der Waals surface area contributed by atoms with Crippen LogP contribution in [0.4, 0.5) is 4.79 Å². The standard InChI is InChI=1S/C18H29N3O2/c1-15-4-6-17(7-5-15)14-16(2)20(3)18(22)19-8-9-21-10-12-23-13-11-21/h4-7,16H,8-14H2,1-3H3,(H,19,22)/t16-/m0/s1. The van der Waals surface area contributed by atoms with Crippen molar-refractivity contribution >= 4 is 6.03 Å². The van der Waals surface area contributed by atoms with Crippen molar-refractivity contribution < 1.29 is 9.53 Å². The fourth-order valence-electron chi connectivity index (χ4n) is 2.67. The molecule has 0 aromatic heterocycles.